The van der Waals surface area contributed by atoms with Gasteiger partial charge < -0.3 is 10.1 Å². The lowest BCUT2D eigenvalue weighted by Crippen LogP contribution is -2.36. The van der Waals surface area contributed by atoms with Gasteiger partial charge in [-0.3, -0.25) is 4.79 Å². The first-order valence-corrected chi connectivity index (χ1v) is 8.74. The van der Waals surface area contributed by atoms with E-state index >= 15 is 0 Å². The normalized spacial score (nSPS) is 14.6. The molecule has 0 spiro atoms. The minimum Gasteiger partial charge on any atom is -0.481 e. The fraction of sp³-hybridized carbons (Fsp3) is 0.381. The van der Waals surface area contributed by atoms with Gasteiger partial charge in [-0.2, -0.15) is 0 Å². The summed E-state index contributed by atoms with van der Waals surface area (Å²) in [6.07, 6.45) is 4.09. The van der Waals surface area contributed by atoms with Crippen LogP contribution in [-0.2, 0) is 24.2 Å². The summed E-state index contributed by atoms with van der Waals surface area (Å²) >= 11 is 0. The molecule has 3 rings (SSSR count). The highest BCUT2D eigenvalue weighted by molar-refractivity contribution is 5.80. The van der Waals surface area contributed by atoms with Crippen LogP contribution in [0.1, 0.15) is 42.0 Å². The van der Waals surface area contributed by atoms with Crippen molar-refractivity contribution >= 4 is 5.91 Å². The predicted octanol–water partition coefficient (Wildman–Crippen LogP) is 3.96. The highest BCUT2D eigenvalue weighted by Gasteiger charge is 2.19. The van der Waals surface area contributed by atoms with Crippen LogP contribution in [-0.4, -0.2) is 12.0 Å². The number of hydrogen-bond donors (Lipinski definition) is 1. The van der Waals surface area contributed by atoms with Crippen LogP contribution in [0.4, 0.5) is 0 Å². The van der Waals surface area contributed by atoms with Crippen molar-refractivity contribution in [2.24, 2.45) is 0 Å². The highest BCUT2D eigenvalue weighted by Crippen LogP contribution is 2.30. The van der Waals surface area contributed by atoms with Gasteiger partial charge in [-0.05, 0) is 62.3 Å². The second-order valence-electron chi connectivity index (χ2n) is 6.57. The molecule has 2 aromatic rings. The number of aryl methyl sites for hydroxylation is 2. The molecule has 126 valence electrons. The average molecular weight is 323 g/mol. The zero-order chi connectivity index (χ0) is 16.9. The van der Waals surface area contributed by atoms with Crippen LogP contribution in [0.5, 0.6) is 5.75 Å². The first-order valence-electron chi connectivity index (χ1n) is 8.74. The van der Waals surface area contributed by atoms with Crippen LogP contribution < -0.4 is 10.1 Å². The second-order valence-corrected chi connectivity index (χ2v) is 6.57. The Hall–Kier alpha value is -2.29. The van der Waals surface area contributed by atoms with Gasteiger partial charge in [0.15, 0.2) is 6.10 Å². The van der Waals surface area contributed by atoms with Gasteiger partial charge in [0.25, 0.3) is 5.91 Å². The minimum atomic E-state index is -0.497. The Morgan fingerprint density at radius 2 is 1.96 bits per heavy atom. The molecule has 3 nitrogen and oxygen atoms in total. The maximum absolute atomic E-state index is 12.3. The molecule has 0 radical (unpaired) electrons. The van der Waals surface area contributed by atoms with E-state index in [1.165, 1.54) is 29.5 Å². The topological polar surface area (TPSA) is 38.3 Å². The molecule has 0 unspecified atom stereocenters. The largest absolute Gasteiger partial charge is 0.481 e. The fourth-order valence-corrected chi connectivity index (χ4v) is 3.26. The van der Waals surface area contributed by atoms with Crippen molar-refractivity contribution in [2.75, 3.05) is 0 Å². The van der Waals surface area contributed by atoms with Gasteiger partial charge in [-0.1, -0.05) is 42.0 Å². The molecule has 24 heavy (non-hydrogen) atoms. The van der Waals surface area contributed by atoms with Crippen LogP contribution in [0.15, 0.2) is 42.5 Å². The molecule has 1 aliphatic rings. The van der Waals surface area contributed by atoms with E-state index in [0.29, 0.717) is 6.54 Å². The minimum absolute atomic E-state index is 0.0788. The molecule has 0 heterocycles. The Morgan fingerprint density at radius 3 is 2.79 bits per heavy atom. The maximum atomic E-state index is 12.3. The molecule has 1 N–H and O–H groups in total. The zero-order valence-electron chi connectivity index (χ0n) is 14.5. The molecular formula is C21H25NO2. The summed E-state index contributed by atoms with van der Waals surface area (Å²) in [5.41, 5.74) is 4.95. The Kier molecular flexibility index (Phi) is 5.19. The molecule has 0 saturated heterocycles. The number of amides is 1. The number of rotatable bonds is 5. The SMILES string of the molecule is Cc1cccc(CNC(=O)[C@H](C)Oc2cccc3c2CCCC3)c1. The van der Waals surface area contributed by atoms with Crippen molar-refractivity contribution in [1.82, 2.24) is 5.32 Å². The van der Waals surface area contributed by atoms with E-state index in [-0.39, 0.29) is 5.91 Å². The van der Waals surface area contributed by atoms with E-state index < -0.39 is 6.10 Å². The second kappa shape index (κ2) is 7.52. The van der Waals surface area contributed by atoms with Crippen molar-refractivity contribution in [3.63, 3.8) is 0 Å². The molecule has 2 aromatic carbocycles. The van der Waals surface area contributed by atoms with E-state index in [1.807, 2.05) is 31.2 Å². The van der Waals surface area contributed by atoms with Gasteiger partial charge in [0.05, 0.1) is 0 Å². The summed E-state index contributed by atoms with van der Waals surface area (Å²) < 4.78 is 5.97. The summed E-state index contributed by atoms with van der Waals surface area (Å²) in [4.78, 5) is 12.3. The van der Waals surface area contributed by atoms with Gasteiger partial charge in [0.1, 0.15) is 5.75 Å². The molecule has 0 aromatic heterocycles. The van der Waals surface area contributed by atoms with Crippen molar-refractivity contribution in [3.05, 3.63) is 64.7 Å². The number of nitrogens with one attached hydrogen (secondary N) is 1. The fourth-order valence-electron chi connectivity index (χ4n) is 3.26. The van der Waals surface area contributed by atoms with Crippen LogP contribution in [0.2, 0.25) is 0 Å². The Balaban J connectivity index is 1.60. The third kappa shape index (κ3) is 3.97. The number of hydrogen-bond acceptors (Lipinski definition) is 2. The van der Waals surface area contributed by atoms with Crippen LogP contribution in [0.25, 0.3) is 0 Å². The summed E-state index contributed by atoms with van der Waals surface area (Å²) in [6.45, 7) is 4.39. The van der Waals surface area contributed by atoms with Crippen LogP contribution in [0, 0.1) is 6.92 Å². The number of carbonyl (C=O) groups excluding carboxylic acids is 1. The Bertz CT molecular complexity index is 724. The number of carbonyl (C=O) groups is 1. The number of benzene rings is 2. The summed E-state index contributed by atoms with van der Waals surface area (Å²) in [6, 6.07) is 14.3. The van der Waals surface area contributed by atoms with Crippen LogP contribution >= 0.6 is 0 Å². The van der Waals surface area contributed by atoms with Crippen LogP contribution in [0.3, 0.4) is 0 Å². The van der Waals surface area contributed by atoms with Gasteiger partial charge in [0, 0.05) is 6.54 Å². The average Bonchev–Trinajstić information content (AvgIpc) is 2.60. The molecule has 1 atom stereocenters. The quantitative estimate of drug-likeness (QED) is 0.904. The number of fused-ring (bicyclic) bond motifs is 1. The molecule has 0 saturated carbocycles. The van der Waals surface area contributed by atoms with Gasteiger partial charge in [-0.25, -0.2) is 0 Å². The third-order valence-corrected chi connectivity index (χ3v) is 4.58. The summed E-state index contributed by atoms with van der Waals surface area (Å²) in [7, 11) is 0. The molecule has 0 bridgehead atoms. The predicted molar refractivity (Wildman–Crippen MR) is 96.2 cm³/mol. The van der Waals surface area contributed by atoms with E-state index in [4.69, 9.17) is 4.74 Å². The molecule has 0 aliphatic heterocycles. The lowest BCUT2D eigenvalue weighted by atomic mass is 9.91. The zero-order valence-corrected chi connectivity index (χ0v) is 14.5. The van der Waals surface area contributed by atoms with E-state index in [1.54, 1.807) is 0 Å². The Labute approximate surface area is 144 Å². The standard InChI is InChI=1S/C21H25NO2/c1-15-7-5-8-17(13-15)14-22-21(23)16(2)24-20-12-6-10-18-9-3-4-11-19(18)20/h5-8,10,12-13,16H,3-4,9,11,14H2,1-2H3,(H,22,23)/t16-/m0/s1. The smallest absolute Gasteiger partial charge is 0.261 e. The third-order valence-electron chi connectivity index (χ3n) is 4.58. The summed E-state index contributed by atoms with van der Waals surface area (Å²) in [5, 5.41) is 2.96. The molecular weight excluding hydrogens is 298 g/mol. The van der Waals surface area contributed by atoms with Gasteiger partial charge in [-0.15, -0.1) is 0 Å². The molecule has 0 fully saturated rings. The van der Waals surface area contributed by atoms with Crippen molar-refractivity contribution in [1.29, 1.82) is 0 Å². The van der Waals surface area contributed by atoms with E-state index in [9.17, 15) is 4.79 Å². The van der Waals surface area contributed by atoms with E-state index in [0.717, 1.165) is 24.2 Å². The monoisotopic (exact) mass is 323 g/mol. The highest BCUT2D eigenvalue weighted by atomic mass is 16.5. The molecule has 1 aliphatic carbocycles. The van der Waals surface area contributed by atoms with Gasteiger partial charge in [0.2, 0.25) is 0 Å². The lowest BCUT2D eigenvalue weighted by Gasteiger charge is -2.22. The first kappa shape index (κ1) is 16.6. The summed E-state index contributed by atoms with van der Waals surface area (Å²) in [5.74, 6) is 0.787. The molecule has 1 amide bonds. The lowest BCUT2D eigenvalue weighted by molar-refractivity contribution is -0.127. The first-order chi connectivity index (χ1) is 11.6. The maximum Gasteiger partial charge on any atom is 0.261 e. The van der Waals surface area contributed by atoms with E-state index in [2.05, 4.69) is 30.4 Å². The number of ether oxygens (including phenoxy) is 1. The van der Waals surface area contributed by atoms with Crippen molar-refractivity contribution in [2.45, 2.75) is 52.2 Å². The van der Waals surface area contributed by atoms with Crippen molar-refractivity contribution in [3.8, 4) is 5.75 Å². The molecule has 3 heteroatoms. The van der Waals surface area contributed by atoms with Gasteiger partial charge >= 0.3 is 0 Å². The van der Waals surface area contributed by atoms with Crippen molar-refractivity contribution < 1.29 is 9.53 Å². The Morgan fingerprint density at radius 1 is 1.17 bits per heavy atom.